The molecule has 1 aromatic heterocycles. The van der Waals surface area contributed by atoms with Gasteiger partial charge in [0.1, 0.15) is 11.8 Å². The minimum atomic E-state index is -0.404. The summed E-state index contributed by atoms with van der Waals surface area (Å²) in [6.07, 6.45) is 3.72. The van der Waals surface area contributed by atoms with E-state index in [1.807, 2.05) is 30.3 Å². The molecule has 2 heterocycles. The lowest BCUT2D eigenvalue weighted by Crippen LogP contribution is -2.48. The number of likely N-dealkylation sites (tertiary alicyclic amines) is 1. The quantitative estimate of drug-likeness (QED) is 0.802. The van der Waals surface area contributed by atoms with Crippen molar-refractivity contribution in [3.05, 3.63) is 47.7 Å². The van der Waals surface area contributed by atoms with Crippen molar-refractivity contribution < 1.29 is 14.1 Å². The molecule has 0 spiro atoms. The van der Waals surface area contributed by atoms with Crippen molar-refractivity contribution in [2.75, 3.05) is 18.4 Å². The van der Waals surface area contributed by atoms with Crippen LogP contribution in [0.3, 0.4) is 0 Å². The van der Waals surface area contributed by atoms with Crippen LogP contribution in [0.5, 0.6) is 0 Å². The maximum absolute atomic E-state index is 13.1. The van der Waals surface area contributed by atoms with Gasteiger partial charge in [0.15, 0.2) is 5.82 Å². The fraction of sp³-hybridized carbons (Fsp3) is 0.476. The van der Waals surface area contributed by atoms with E-state index in [1.165, 1.54) is 0 Å². The van der Waals surface area contributed by atoms with E-state index in [0.29, 0.717) is 11.6 Å². The number of amides is 2. The van der Waals surface area contributed by atoms with E-state index in [9.17, 15) is 9.59 Å². The molecule has 7 nitrogen and oxygen atoms in total. The van der Waals surface area contributed by atoms with Crippen molar-refractivity contribution in [2.24, 2.45) is 5.92 Å². The van der Waals surface area contributed by atoms with Crippen LogP contribution in [0.4, 0.5) is 5.82 Å². The Labute approximate surface area is 164 Å². The summed E-state index contributed by atoms with van der Waals surface area (Å²) < 4.78 is 5.05. The SMILES string of the molecule is Cc1cc(NC(=O)C(c2ccccc2)N2CCC(NC(=O)C3CC3)CC2)no1. The number of nitrogens with zero attached hydrogens (tertiary/aromatic N) is 2. The van der Waals surface area contributed by atoms with E-state index in [-0.39, 0.29) is 23.8 Å². The molecule has 28 heavy (non-hydrogen) atoms. The number of anilines is 1. The van der Waals surface area contributed by atoms with Crippen molar-refractivity contribution in [3.63, 3.8) is 0 Å². The molecule has 148 valence electrons. The van der Waals surface area contributed by atoms with E-state index in [1.54, 1.807) is 13.0 Å². The number of hydrogen-bond donors (Lipinski definition) is 2. The predicted octanol–water partition coefficient (Wildman–Crippen LogP) is 2.65. The Hall–Kier alpha value is -2.67. The van der Waals surface area contributed by atoms with Crippen molar-refractivity contribution in [2.45, 2.75) is 44.7 Å². The molecular weight excluding hydrogens is 356 g/mol. The molecule has 2 fully saturated rings. The molecule has 1 saturated carbocycles. The van der Waals surface area contributed by atoms with Crippen LogP contribution >= 0.6 is 0 Å². The number of hydrogen-bond acceptors (Lipinski definition) is 5. The fourth-order valence-electron chi connectivity index (χ4n) is 3.75. The minimum Gasteiger partial charge on any atom is -0.360 e. The highest BCUT2D eigenvalue weighted by Crippen LogP contribution is 2.30. The van der Waals surface area contributed by atoms with Crippen LogP contribution in [0.2, 0.25) is 0 Å². The van der Waals surface area contributed by atoms with E-state index in [4.69, 9.17) is 4.52 Å². The molecule has 4 rings (SSSR count). The number of piperidine rings is 1. The first kappa shape index (κ1) is 18.7. The summed E-state index contributed by atoms with van der Waals surface area (Å²) in [5.74, 6) is 1.37. The lowest BCUT2D eigenvalue weighted by Gasteiger charge is -2.37. The Balaban J connectivity index is 1.43. The van der Waals surface area contributed by atoms with Gasteiger partial charge in [-0.1, -0.05) is 35.5 Å². The van der Waals surface area contributed by atoms with Gasteiger partial charge in [0.2, 0.25) is 11.8 Å². The molecule has 1 aliphatic carbocycles. The molecule has 1 unspecified atom stereocenters. The second-order valence-electron chi connectivity index (χ2n) is 7.72. The third kappa shape index (κ3) is 4.42. The summed E-state index contributed by atoms with van der Waals surface area (Å²) in [5.41, 5.74) is 0.945. The molecule has 2 aliphatic rings. The molecule has 2 amide bonds. The Bertz CT molecular complexity index is 823. The lowest BCUT2D eigenvalue weighted by molar-refractivity contribution is -0.125. The molecule has 0 radical (unpaired) electrons. The van der Waals surface area contributed by atoms with Gasteiger partial charge in [0.25, 0.3) is 0 Å². The largest absolute Gasteiger partial charge is 0.360 e. The Morgan fingerprint density at radius 1 is 1.14 bits per heavy atom. The third-order valence-electron chi connectivity index (χ3n) is 5.43. The average Bonchev–Trinajstić information content (AvgIpc) is 3.47. The van der Waals surface area contributed by atoms with Gasteiger partial charge in [-0.25, -0.2) is 0 Å². The molecule has 1 aromatic carbocycles. The summed E-state index contributed by atoms with van der Waals surface area (Å²) in [5, 5.41) is 9.90. The molecule has 2 N–H and O–H groups in total. The van der Waals surface area contributed by atoms with Gasteiger partial charge in [-0.15, -0.1) is 0 Å². The van der Waals surface area contributed by atoms with Gasteiger partial charge in [-0.05, 0) is 38.2 Å². The maximum atomic E-state index is 13.1. The molecule has 7 heteroatoms. The number of benzene rings is 1. The predicted molar refractivity (Wildman–Crippen MR) is 105 cm³/mol. The Kier molecular flexibility index (Phi) is 5.43. The van der Waals surface area contributed by atoms with Crippen LogP contribution in [-0.4, -0.2) is 41.0 Å². The average molecular weight is 382 g/mol. The third-order valence-corrected chi connectivity index (χ3v) is 5.43. The van der Waals surface area contributed by atoms with E-state index in [2.05, 4.69) is 20.7 Å². The van der Waals surface area contributed by atoms with Crippen LogP contribution in [0.1, 0.15) is 43.0 Å². The molecule has 0 bridgehead atoms. The first-order chi connectivity index (χ1) is 13.6. The van der Waals surface area contributed by atoms with Crippen LogP contribution in [0, 0.1) is 12.8 Å². The van der Waals surface area contributed by atoms with E-state index >= 15 is 0 Å². The second kappa shape index (κ2) is 8.14. The highest BCUT2D eigenvalue weighted by molar-refractivity contribution is 5.94. The normalized spacial score (nSPS) is 19.2. The van der Waals surface area contributed by atoms with Crippen molar-refractivity contribution >= 4 is 17.6 Å². The second-order valence-corrected chi connectivity index (χ2v) is 7.72. The number of aryl methyl sites for hydroxylation is 1. The van der Waals surface area contributed by atoms with Crippen LogP contribution in [0.15, 0.2) is 40.9 Å². The summed E-state index contributed by atoms with van der Waals surface area (Å²) >= 11 is 0. The topological polar surface area (TPSA) is 87.5 Å². The van der Waals surface area contributed by atoms with E-state index < -0.39 is 6.04 Å². The van der Waals surface area contributed by atoms with Gasteiger partial charge >= 0.3 is 0 Å². The maximum Gasteiger partial charge on any atom is 0.247 e. The van der Waals surface area contributed by atoms with Gasteiger partial charge in [-0.2, -0.15) is 0 Å². The van der Waals surface area contributed by atoms with Crippen molar-refractivity contribution in [3.8, 4) is 0 Å². The Morgan fingerprint density at radius 2 is 1.86 bits per heavy atom. The zero-order valence-corrected chi connectivity index (χ0v) is 16.1. The van der Waals surface area contributed by atoms with Crippen molar-refractivity contribution in [1.82, 2.24) is 15.4 Å². The molecule has 1 saturated heterocycles. The Morgan fingerprint density at radius 3 is 2.46 bits per heavy atom. The molecule has 1 atom stereocenters. The number of carbonyl (C=O) groups is 2. The zero-order chi connectivity index (χ0) is 19.5. The monoisotopic (exact) mass is 382 g/mol. The number of carbonyl (C=O) groups excluding carboxylic acids is 2. The number of rotatable bonds is 6. The molecule has 1 aliphatic heterocycles. The zero-order valence-electron chi connectivity index (χ0n) is 16.1. The van der Waals surface area contributed by atoms with Crippen LogP contribution < -0.4 is 10.6 Å². The van der Waals surface area contributed by atoms with Gasteiger partial charge in [0, 0.05) is 31.1 Å². The number of nitrogens with one attached hydrogen (secondary N) is 2. The fourth-order valence-corrected chi connectivity index (χ4v) is 3.75. The highest BCUT2D eigenvalue weighted by Gasteiger charge is 2.34. The summed E-state index contributed by atoms with van der Waals surface area (Å²) in [7, 11) is 0. The van der Waals surface area contributed by atoms with Gasteiger partial charge in [-0.3, -0.25) is 14.5 Å². The van der Waals surface area contributed by atoms with Gasteiger partial charge in [0.05, 0.1) is 0 Å². The molecular formula is C21H26N4O3. The smallest absolute Gasteiger partial charge is 0.247 e. The van der Waals surface area contributed by atoms with E-state index in [0.717, 1.165) is 44.3 Å². The number of aromatic nitrogens is 1. The van der Waals surface area contributed by atoms with Crippen molar-refractivity contribution in [1.29, 1.82) is 0 Å². The lowest BCUT2D eigenvalue weighted by atomic mass is 9.98. The first-order valence-corrected chi connectivity index (χ1v) is 9.93. The minimum absolute atomic E-state index is 0.125. The summed E-state index contributed by atoms with van der Waals surface area (Å²) in [6, 6.07) is 11.3. The summed E-state index contributed by atoms with van der Waals surface area (Å²) in [6.45, 7) is 3.29. The first-order valence-electron chi connectivity index (χ1n) is 9.93. The highest BCUT2D eigenvalue weighted by atomic mass is 16.5. The molecule has 2 aromatic rings. The van der Waals surface area contributed by atoms with Gasteiger partial charge < -0.3 is 15.2 Å². The summed E-state index contributed by atoms with van der Waals surface area (Å²) in [4.78, 5) is 27.3. The standard InChI is InChI=1S/C21H26N4O3/c1-14-13-18(24-28-14)23-21(27)19(15-5-3-2-4-6-15)25-11-9-17(10-12-25)22-20(26)16-7-8-16/h2-6,13,16-17,19H,7-12H2,1H3,(H,22,26)(H,23,24,27). The van der Waals surface area contributed by atoms with Crippen LogP contribution in [0.25, 0.3) is 0 Å². The van der Waals surface area contributed by atoms with Crippen LogP contribution in [-0.2, 0) is 9.59 Å².